The maximum Gasteiger partial charge on any atom is 0.200 e. The smallest absolute Gasteiger partial charge is 0.200 e. The predicted molar refractivity (Wildman–Crippen MR) is 43.0 cm³/mol. The molecule has 0 amide bonds. The number of carbonyl (C=O) groups excluding carboxylic acids is 1. The van der Waals surface area contributed by atoms with E-state index < -0.39 is 39.7 Å². The van der Waals surface area contributed by atoms with Crippen molar-refractivity contribution in [2.24, 2.45) is 0 Å². The third-order valence-electron chi connectivity index (χ3n) is 1.47. The Morgan fingerprint density at radius 1 is 0.867 bits per heavy atom. The third-order valence-corrected chi connectivity index (χ3v) is 2.42. The van der Waals surface area contributed by atoms with Crippen LogP contribution in [0, 0.1) is 29.1 Å². The van der Waals surface area contributed by atoms with Crippen molar-refractivity contribution in [3.63, 3.8) is 0 Å². The molecule has 82 valence electrons. The summed E-state index contributed by atoms with van der Waals surface area (Å²) < 4.78 is 63.4. The van der Waals surface area contributed by atoms with Crippen LogP contribution in [0.5, 0.6) is 0 Å². The fraction of sp³-hybridized carbons (Fsp3) is 0.125. The molecular weight excluding hydrogens is 239 g/mol. The van der Waals surface area contributed by atoms with Crippen LogP contribution < -0.4 is 0 Å². The quantitative estimate of drug-likeness (QED) is 0.266. The van der Waals surface area contributed by atoms with Crippen LogP contribution in [-0.2, 0) is 4.79 Å². The average molecular weight is 242 g/mol. The lowest BCUT2D eigenvalue weighted by Crippen LogP contribution is -2.03. The molecule has 0 aliphatic rings. The Bertz CT molecular complexity index is 378. The van der Waals surface area contributed by atoms with Crippen molar-refractivity contribution in [1.29, 1.82) is 0 Å². The summed E-state index contributed by atoms with van der Waals surface area (Å²) in [5.74, 6) is -10.5. The first kappa shape index (κ1) is 12.0. The summed E-state index contributed by atoms with van der Waals surface area (Å²) in [7, 11) is 0. The van der Waals surface area contributed by atoms with Gasteiger partial charge in [-0.05, 0) is 0 Å². The van der Waals surface area contributed by atoms with Crippen molar-refractivity contribution in [1.82, 2.24) is 0 Å². The van der Waals surface area contributed by atoms with Crippen LogP contribution in [0.4, 0.5) is 22.0 Å². The molecule has 0 heterocycles. The van der Waals surface area contributed by atoms with E-state index in [1.807, 2.05) is 0 Å². The van der Waals surface area contributed by atoms with Gasteiger partial charge < -0.3 is 4.79 Å². The molecule has 0 atom stereocenters. The van der Waals surface area contributed by atoms with Gasteiger partial charge in [0, 0.05) is 0 Å². The molecule has 0 aliphatic carbocycles. The lowest BCUT2D eigenvalue weighted by Gasteiger charge is -2.05. The molecular formula is C8H3F5OS. The van der Waals surface area contributed by atoms with Gasteiger partial charge in [0.2, 0.25) is 5.82 Å². The molecule has 0 saturated heterocycles. The number of thioether (sulfide) groups is 1. The molecule has 1 aromatic carbocycles. The summed E-state index contributed by atoms with van der Waals surface area (Å²) in [4.78, 5) is 8.87. The van der Waals surface area contributed by atoms with Gasteiger partial charge in [0.15, 0.2) is 23.3 Å². The first-order chi connectivity index (χ1) is 7.00. The standard InChI is InChI=1S/C8H3F5OS/c9-3-4(10)6(12)8(15-2-1-14)7(13)5(3)11/h1H,2H2. The van der Waals surface area contributed by atoms with Crippen molar-refractivity contribution < 1.29 is 26.7 Å². The van der Waals surface area contributed by atoms with Gasteiger partial charge in [0.1, 0.15) is 6.29 Å². The van der Waals surface area contributed by atoms with Crippen LogP contribution in [-0.4, -0.2) is 12.0 Å². The summed E-state index contributed by atoms with van der Waals surface area (Å²) >= 11 is 0.246. The minimum absolute atomic E-state index is 0.246. The Morgan fingerprint density at radius 2 is 1.27 bits per heavy atom. The Labute approximate surface area is 85.3 Å². The number of aldehydes is 1. The van der Waals surface area contributed by atoms with Crippen LogP contribution in [0.1, 0.15) is 0 Å². The van der Waals surface area contributed by atoms with Crippen LogP contribution >= 0.6 is 11.8 Å². The molecule has 15 heavy (non-hydrogen) atoms. The Hall–Kier alpha value is -1.11. The van der Waals surface area contributed by atoms with Gasteiger partial charge in [-0.3, -0.25) is 0 Å². The van der Waals surface area contributed by atoms with E-state index in [1.165, 1.54) is 0 Å². The van der Waals surface area contributed by atoms with E-state index in [4.69, 9.17) is 0 Å². The van der Waals surface area contributed by atoms with E-state index in [1.54, 1.807) is 0 Å². The first-order valence-corrected chi connectivity index (χ1v) is 4.57. The van der Waals surface area contributed by atoms with Crippen LogP contribution in [0.25, 0.3) is 0 Å². The second-order valence-electron chi connectivity index (χ2n) is 2.38. The molecule has 0 radical (unpaired) electrons. The lowest BCUT2D eigenvalue weighted by molar-refractivity contribution is -0.105. The predicted octanol–water partition coefficient (Wildman–Crippen LogP) is 2.67. The number of rotatable bonds is 3. The number of carbonyl (C=O) groups is 1. The van der Waals surface area contributed by atoms with E-state index in [2.05, 4.69) is 0 Å². The summed E-state index contributed by atoms with van der Waals surface area (Å²) in [6.45, 7) is 0. The number of benzene rings is 1. The van der Waals surface area contributed by atoms with Crippen molar-refractivity contribution in [2.45, 2.75) is 4.90 Å². The van der Waals surface area contributed by atoms with Gasteiger partial charge in [0.25, 0.3) is 0 Å². The zero-order valence-corrected chi connectivity index (χ0v) is 7.81. The minimum atomic E-state index is -2.21. The van der Waals surface area contributed by atoms with Crippen LogP contribution in [0.15, 0.2) is 4.90 Å². The van der Waals surface area contributed by atoms with Gasteiger partial charge in [-0.25, -0.2) is 22.0 Å². The van der Waals surface area contributed by atoms with Gasteiger partial charge in [-0.1, -0.05) is 0 Å². The normalized spacial score (nSPS) is 10.5. The highest BCUT2D eigenvalue weighted by Crippen LogP contribution is 2.30. The molecule has 1 rings (SSSR count). The molecule has 0 spiro atoms. The molecule has 0 N–H and O–H groups in total. The fourth-order valence-electron chi connectivity index (χ4n) is 0.829. The first-order valence-electron chi connectivity index (χ1n) is 3.58. The van der Waals surface area contributed by atoms with Crippen molar-refractivity contribution >= 4 is 18.0 Å². The third kappa shape index (κ3) is 2.11. The fourth-order valence-corrected chi connectivity index (χ4v) is 1.50. The number of hydrogen-bond donors (Lipinski definition) is 0. The van der Waals surface area contributed by atoms with Crippen LogP contribution in [0.3, 0.4) is 0 Å². The molecule has 0 saturated carbocycles. The maximum absolute atomic E-state index is 12.9. The lowest BCUT2D eigenvalue weighted by atomic mass is 10.3. The summed E-state index contributed by atoms with van der Waals surface area (Å²) in [5, 5.41) is 0. The SMILES string of the molecule is O=CCSc1c(F)c(F)c(F)c(F)c1F. The molecule has 0 aliphatic heterocycles. The zero-order chi connectivity index (χ0) is 11.6. The summed E-state index contributed by atoms with van der Waals surface area (Å²) in [6, 6.07) is 0. The molecule has 1 nitrogen and oxygen atoms in total. The average Bonchev–Trinajstić information content (AvgIpc) is 2.24. The van der Waals surface area contributed by atoms with Crippen LogP contribution in [0.2, 0.25) is 0 Å². The molecule has 0 bridgehead atoms. The Balaban J connectivity index is 3.31. The number of halogens is 5. The largest absolute Gasteiger partial charge is 0.302 e. The molecule has 7 heteroatoms. The minimum Gasteiger partial charge on any atom is -0.302 e. The monoisotopic (exact) mass is 242 g/mol. The van der Waals surface area contributed by atoms with E-state index in [0.29, 0.717) is 6.29 Å². The second kappa shape index (κ2) is 4.61. The molecule has 1 aromatic rings. The van der Waals surface area contributed by atoms with Gasteiger partial charge in [-0.15, -0.1) is 11.8 Å². The number of hydrogen-bond acceptors (Lipinski definition) is 2. The van der Waals surface area contributed by atoms with Gasteiger partial charge >= 0.3 is 0 Å². The van der Waals surface area contributed by atoms with E-state index in [0.717, 1.165) is 0 Å². The van der Waals surface area contributed by atoms with E-state index in [9.17, 15) is 26.7 Å². The van der Waals surface area contributed by atoms with Gasteiger partial charge in [-0.2, -0.15) is 0 Å². The second-order valence-corrected chi connectivity index (χ2v) is 3.41. The van der Waals surface area contributed by atoms with E-state index in [-0.39, 0.29) is 11.8 Å². The van der Waals surface area contributed by atoms with Crippen molar-refractivity contribution in [3.8, 4) is 0 Å². The van der Waals surface area contributed by atoms with E-state index >= 15 is 0 Å². The Kier molecular flexibility index (Phi) is 3.67. The zero-order valence-electron chi connectivity index (χ0n) is 6.99. The molecule has 0 aromatic heterocycles. The highest BCUT2D eigenvalue weighted by atomic mass is 32.2. The molecule has 0 unspecified atom stereocenters. The molecule has 0 fully saturated rings. The highest BCUT2D eigenvalue weighted by molar-refractivity contribution is 7.99. The summed E-state index contributed by atoms with van der Waals surface area (Å²) in [6.07, 6.45) is 0.294. The topological polar surface area (TPSA) is 17.1 Å². The van der Waals surface area contributed by atoms with Crippen molar-refractivity contribution in [2.75, 3.05) is 5.75 Å². The maximum atomic E-state index is 12.9. The highest BCUT2D eigenvalue weighted by Gasteiger charge is 2.25. The Morgan fingerprint density at radius 3 is 1.67 bits per heavy atom. The van der Waals surface area contributed by atoms with Gasteiger partial charge in [0.05, 0.1) is 10.6 Å². The summed E-state index contributed by atoms with van der Waals surface area (Å²) in [5.41, 5.74) is 0. The van der Waals surface area contributed by atoms with Crippen molar-refractivity contribution in [3.05, 3.63) is 29.1 Å².